The third kappa shape index (κ3) is 3.12. The van der Waals surface area contributed by atoms with Crippen molar-refractivity contribution in [3.8, 4) is 17.1 Å². The van der Waals surface area contributed by atoms with E-state index in [9.17, 15) is 0 Å². The third-order valence-electron chi connectivity index (χ3n) is 4.22. The molecule has 6 heteroatoms. The van der Waals surface area contributed by atoms with Crippen LogP contribution in [0.25, 0.3) is 11.4 Å². The Morgan fingerprint density at radius 1 is 1.08 bits per heavy atom. The lowest BCUT2D eigenvalue weighted by molar-refractivity contribution is 0.340. The predicted molar refractivity (Wildman–Crippen MR) is 105 cm³/mol. The lowest BCUT2D eigenvalue weighted by atomic mass is 10.1. The van der Waals surface area contributed by atoms with Crippen LogP contribution in [0.15, 0.2) is 58.8 Å². The van der Waals surface area contributed by atoms with E-state index in [1.165, 1.54) is 5.56 Å². The van der Waals surface area contributed by atoms with Crippen LogP contribution < -0.4 is 4.74 Å². The highest BCUT2D eigenvalue weighted by atomic mass is 32.2. The first-order chi connectivity index (χ1) is 12.7. The molecule has 2 heterocycles. The smallest absolute Gasteiger partial charge is 0.213 e. The number of fused-ring (bicyclic) bond motifs is 1. The van der Waals surface area contributed by atoms with Crippen molar-refractivity contribution in [3.63, 3.8) is 0 Å². The van der Waals surface area contributed by atoms with E-state index in [4.69, 9.17) is 9.84 Å². The van der Waals surface area contributed by atoms with Crippen LogP contribution in [0.5, 0.6) is 5.75 Å². The molecule has 0 aliphatic carbocycles. The number of hydrogen-bond donors (Lipinski definition) is 0. The van der Waals surface area contributed by atoms with Gasteiger partial charge in [0.05, 0.1) is 17.6 Å². The van der Waals surface area contributed by atoms with Crippen molar-refractivity contribution in [2.45, 2.75) is 31.2 Å². The Balaban J connectivity index is 1.75. The van der Waals surface area contributed by atoms with Gasteiger partial charge in [0.15, 0.2) is 5.82 Å². The van der Waals surface area contributed by atoms with Gasteiger partial charge < -0.3 is 4.74 Å². The van der Waals surface area contributed by atoms with Crippen molar-refractivity contribution < 1.29 is 4.74 Å². The van der Waals surface area contributed by atoms with Crippen molar-refractivity contribution in [1.82, 2.24) is 14.9 Å². The van der Waals surface area contributed by atoms with Crippen LogP contribution >= 0.6 is 11.8 Å². The Hall–Kier alpha value is -2.60. The molecule has 1 aliphatic rings. The molecule has 26 heavy (non-hydrogen) atoms. The summed E-state index contributed by atoms with van der Waals surface area (Å²) >= 11 is 1.68. The first-order valence-corrected chi connectivity index (χ1v) is 9.55. The van der Waals surface area contributed by atoms with Crippen LogP contribution in [0.2, 0.25) is 0 Å². The van der Waals surface area contributed by atoms with Crippen molar-refractivity contribution in [1.29, 1.82) is 0 Å². The van der Waals surface area contributed by atoms with Gasteiger partial charge in [0.25, 0.3) is 0 Å². The predicted octanol–water partition coefficient (Wildman–Crippen LogP) is 4.40. The minimum absolute atomic E-state index is 0.204. The number of aromatic nitrogens is 3. The topological polar surface area (TPSA) is 52.3 Å². The van der Waals surface area contributed by atoms with Gasteiger partial charge in [0.1, 0.15) is 5.75 Å². The Kier molecular flexibility index (Phi) is 4.51. The minimum atomic E-state index is 0.204. The molecule has 0 radical (unpaired) electrons. The average Bonchev–Trinajstić information content (AvgIpc) is 3.05. The van der Waals surface area contributed by atoms with E-state index in [1.54, 1.807) is 11.8 Å². The standard InChI is InChI=1S/C20H20N4OS/c1-4-25-17-10-8-15(9-11-17)18-14(3)26-20-22-21-19(24(20)23-18)16-7-5-6-13(2)12-16/h5-12,14H,4H2,1-3H3/t14-/m0/s1. The second-order valence-electron chi connectivity index (χ2n) is 6.19. The molecule has 2 aromatic carbocycles. The zero-order valence-corrected chi connectivity index (χ0v) is 15.8. The monoisotopic (exact) mass is 364 g/mol. The molecule has 0 spiro atoms. The van der Waals surface area contributed by atoms with Gasteiger partial charge in [-0.25, -0.2) is 0 Å². The van der Waals surface area contributed by atoms with Crippen LogP contribution in [-0.4, -0.2) is 32.4 Å². The molecule has 1 aliphatic heterocycles. The van der Waals surface area contributed by atoms with E-state index in [1.807, 2.05) is 35.9 Å². The summed E-state index contributed by atoms with van der Waals surface area (Å²) in [5.41, 5.74) is 4.31. The maximum absolute atomic E-state index is 5.54. The first kappa shape index (κ1) is 16.8. The largest absolute Gasteiger partial charge is 0.494 e. The summed E-state index contributed by atoms with van der Waals surface area (Å²) in [4.78, 5) is 0. The van der Waals surface area contributed by atoms with Gasteiger partial charge in [-0.3, -0.25) is 0 Å². The molecule has 1 aromatic heterocycles. The van der Waals surface area contributed by atoms with Crippen LogP contribution in [-0.2, 0) is 0 Å². The molecule has 5 nitrogen and oxygen atoms in total. The quantitative estimate of drug-likeness (QED) is 0.688. The fraction of sp³-hybridized carbons (Fsp3) is 0.250. The highest BCUT2D eigenvalue weighted by Gasteiger charge is 2.26. The number of thioether (sulfide) groups is 1. The zero-order chi connectivity index (χ0) is 18.1. The number of hydrogen-bond acceptors (Lipinski definition) is 5. The number of ether oxygens (including phenoxy) is 1. The molecule has 0 saturated carbocycles. The van der Waals surface area contributed by atoms with Gasteiger partial charge in [-0.05, 0) is 56.7 Å². The second-order valence-corrected chi connectivity index (χ2v) is 7.50. The van der Waals surface area contributed by atoms with Gasteiger partial charge >= 0.3 is 0 Å². The van der Waals surface area contributed by atoms with Crippen LogP contribution in [0.3, 0.4) is 0 Å². The van der Waals surface area contributed by atoms with Crippen LogP contribution in [0.1, 0.15) is 25.0 Å². The van der Waals surface area contributed by atoms with E-state index < -0.39 is 0 Å². The molecule has 0 amide bonds. The van der Waals surface area contributed by atoms with Gasteiger partial charge in [-0.1, -0.05) is 35.5 Å². The molecule has 1 atom stereocenters. The Labute approximate surface area is 157 Å². The SMILES string of the molecule is CCOc1ccc(C2=Nn3c(nnc3-c3cccc(C)c3)S[C@H]2C)cc1. The highest BCUT2D eigenvalue weighted by Crippen LogP contribution is 2.33. The lowest BCUT2D eigenvalue weighted by Gasteiger charge is -2.20. The lowest BCUT2D eigenvalue weighted by Crippen LogP contribution is -2.21. The summed E-state index contributed by atoms with van der Waals surface area (Å²) in [6.45, 7) is 6.86. The molecule has 0 fully saturated rings. The highest BCUT2D eigenvalue weighted by molar-refractivity contribution is 8.00. The number of rotatable bonds is 4. The molecular weight excluding hydrogens is 344 g/mol. The van der Waals surface area contributed by atoms with Gasteiger partial charge in [-0.2, -0.15) is 9.78 Å². The molecule has 3 aromatic rings. The van der Waals surface area contributed by atoms with Gasteiger partial charge in [0.2, 0.25) is 5.16 Å². The Morgan fingerprint density at radius 2 is 1.88 bits per heavy atom. The molecule has 0 N–H and O–H groups in total. The summed E-state index contributed by atoms with van der Waals surface area (Å²) < 4.78 is 7.39. The average molecular weight is 364 g/mol. The van der Waals surface area contributed by atoms with Crippen molar-refractivity contribution in [2.24, 2.45) is 5.10 Å². The number of nitrogens with zero attached hydrogens (tertiary/aromatic N) is 4. The normalized spacial score (nSPS) is 16.1. The van der Waals surface area contributed by atoms with Gasteiger partial charge in [0, 0.05) is 5.56 Å². The fourth-order valence-electron chi connectivity index (χ4n) is 2.98. The fourth-order valence-corrected chi connectivity index (χ4v) is 3.90. The van der Waals surface area contributed by atoms with Crippen LogP contribution in [0.4, 0.5) is 0 Å². The summed E-state index contributed by atoms with van der Waals surface area (Å²) in [5.74, 6) is 1.64. The molecule has 4 rings (SSSR count). The van der Waals surface area contributed by atoms with E-state index >= 15 is 0 Å². The van der Waals surface area contributed by atoms with Crippen molar-refractivity contribution in [3.05, 3.63) is 59.7 Å². The zero-order valence-electron chi connectivity index (χ0n) is 15.0. The van der Waals surface area contributed by atoms with Crippen LogP contribution in [0, 0.1) is 6.92 Å². The molecule has 0 bridgehead atoms. The van der Waals surface area contributed by atoms with Crippen molar-refractivity contribution in [2.75, 3.05) is 6.61 Å². The Morgan fingerprint density at radius 3 is 2.62 bits per heavy atom. The van der Waals surface area contributed by atoms with E-state index in [0.29, 0.717) is 6.61 Å². The summed E-state index contributed by atoms with van der Waals surface area (Å²) in [6.07, 6.45) is 0. The first-order valence-electron chi connectivity index (χ1n) is 8.67. The second kappa shape index (κ2) is 6.96. The number of benzene rings is 2. The van der Waals surface area contributed by atoms with Crippen molar-refractivity contribution >= 4 is 17.5 Å². The van der Waals surface area contributed by atoms with Gasteiger partial charge in [-0.15, -0.1) is 10.2 Å². The maximum atomic E-state index is 5.54. The summed E-state index contributed by atoms with van der Waals surface area (Å²) in [6, 6.07) is 16.3. The minimum Gasteiger partial charge on any atom is -0.494 e. The Bertz CT molecular complexity index is 962. The maximum Gasteiger partial charge on any atom is 0.213 e. The van der Waals surface area contributed by atoms with E-state index in [2.05, 4.69) is 48.3 Å². The molecule has 132 valence electrons. The summed E-state index contributed by atoms with van der Waals surface area (Å²) in [7, 11) is 0. The molecule has 0 unspecified atom stereocenters. The molecule has 0 saturated heterocycles. The van der Waals surface area contributed by atoms with E-state index in [0.717, 1.165) is 33.6 Å². The third-order valence-corrected chi connectivity index (χ3v) is 5.27. The molecular formula is C20H20N4OS. The van der Waals surface area contributed by atoms with E-state index in [-0.39, 0.29) is 5.25 Å². The number of aryl methyl sites for hydroxylation is 1. The summed E-state index contributed by atoms with van der Waals surface area (Å²) in [5, 5.41) is 14.6.